The molecule has 11 heteroatoms. The summed E-state index contributed by atoms with van der Waals surface area (Å²) in [5.41, 5.74) is -0.754. The Morgan fingerprint density at radius 2 is 1.74 bits per heavy atom. The summed E-state index contributed by atoms with van der Waals surface area (Å²) >= 11 is 0.0425. The molecule has 10 nitrogen and oxygen atoms in total. The maximum atomic E-state index is 12.0. The molecule has 2 heterocycles. The van der Waals surface area contributed by atoms with Gasteiger partial charge < -0.3 is 0 Å². The van der Waals surface area contributed by atoms with E-state index < -0.39 is 60.2 Å². The first-order valence-electron chi connectivity index (χ1n) is 10.8. The van der Waals surface area contributed by atoms with Gasteiger partial charge in [0, 0.05) is 0 Å². The minimum atomic E-state index is -1.22. The van der Waals surface area contributed by atoms with E-state index >= 15 is 0 Å². The average Bonchev–Trinajstić information content (AvgIpc) is 3.13. The summed E-state index contributed by atoms with van der Waals surface area (Å²) in [6, 6.07) is 9.92. The summed E-state index contributed by atoms with van der Waals surface area (Å²) in [7, 11) is 0. The molecule has 0 aliphatic carbocycles. The van der Waals surface area contributed by atoms with E-state index in [9.17, 15) is 19.2 Å². The van der Waals surface area contributed by atoms with Gasteiger partial charge in [-0.05, 0) is 0 Å². The van der Waals surface area contributed by atoms with Crippen LogP contribution >= 0.6 is 0 Å². The van der Waals surface area contributed by atoms with Crippen molar-refractivity contribution in [1.29, 1.82) is 0 Å². The number of benzene rings is 1. The van der Waals surface area contributed by atoms with Crippen LogP contribution in [0.3, 0.4) is 0 Å². The number of ether oxygens (including phenoxy) is 6. The second-order valence-corrected chi connectivity index (χ2v) is 10.6. The summed E-state index contributed by atoms with van der Waals surface area (Å²) in [4.78, 5) is 47.2. The molecule has 0 N–H and O–H groups in total. The van der Waals surface area contributed by atoms with Crippen molar-refractivity contribution in [3.63, 3.8) is 0 Å². The van der Waals surface area contributed by atoms with Gasteiger partial charge in [0.2, 0.25) is 0 Å². The maximum absolute atomic E-state index is 12.0. The Morgan fingerprint density at radius 3 is 2.35 bits per heavy atom. The van der Waals surface area contributed by atoms with E-state index in [1.807, 2.05) is 37.3 Å². The van der Waals surface area contributed by atoms with Gasteiger partial charge in [0.1, 0.15) is 0 Å². The summed E-state index contributed by atoms with van der Waals surface area (Å²) < 4.78 is 34.3. The molecule has 0 unspecified atom stereocenters. The number of esters is 3. The zero-order valence-electron chi connectivity index (χ0n) is 19.4. The van der Waals surface area contributed by atoms with Crippen LogP contribution in [0.2, 0.25) is 5.32 Å². The van der Waals surface area contributed by atoms with Crippen molar-refractivity contribution >= 4 is 43.5 Å². The van der Waals surface area contributed by atoms with Crippen LogP contribution in [0.25, 0.3) is 0 Å². The van der Waals surface area contributed by atoms with E-state index in [4.69, 9.17) is 28.4 Å². The molecular weight excluding hydrogens is 515 g/mol. The predicted molar refractivity (Wildman–Crippen MR) is 117 cm³/mol. The quantitative estimate of drug-likeness (QED) is 0.256. The van der Waals surface area contributed by atoms with Gasteiger partial charge in [0.25, 0.3) is 0 Å². The van der Waals surface area contributed by atoms with Crippen LogP contribution in [0.1, 0.15) is 34.1 Å². The van der Waals surface area contributed by atoms with Crippen molar-refractivity contribution in [2.24, 2.45) is 0 Å². The molecule has 0 radical (unpaired) electrons. The number of carbonyl (C=O) groups excluding carboxylic acids is 4. The van der Waals surface area contributed by atoms with Crippen LogP contribution in [-0.2, 0) is 42.8 Å². The molecule has 0 aromatic heterocycles. The van der Waals surface area contributed by atoms with Crippen molar-refractivity contribution in [3.8, 4) is 0 Å². The molecule has 2 aliphatic rings. The number of hydrogen-bond acceptors (Lipinski definition) is 10. The molecule has 3 rings (SSSR count). The summed E-state index contributed by atoms with van der Waals surface area (Å²) in [5.74, 6) is -1.94. The van der Waals surface area contributed by atoms with Crippen molar-refractivity contribution in [2.45, 2.75) is 75.6 Å². The summed E-state index contributed by atoms with van der Waals surface area (Å²) in [6.07, 6.45) is -5.44. The van der Waals surface area contributed by atoms with Crippen LogP contribution in [0, 0.1) is 0 Å². The first-order valence-corrected chi connectivity index (χ1v) is 12.8. The van der Waals surface area contributed by atoms with E-state index in [2.05, 4.69) is 0 Å². The molecule has 186 valence electrons. The summed E-state index contributed by atoms with van der Waals surface area (Å²) in [5, 5.41) is 0.635. The molecule has 6 atom stereocenters. The fraction of sp³-hybridized carbons (Fsp3) is 0.565. The first kappa shape index (κ1) is 26.0. The summed E-state index contributed by atoms with van der Waals surface area (Å²) in [6.45, 7) is 5.10. The van der Waals surface area contributed by atoms with Crippen LogP contribution < -0.4 is 4.46 Å². The zero-order chi connectivity index (χ0) is 24.9. The van der Waals surface area contributed by atoms with Gasteiger partial charge in [-0.3, -0.25) is 0 Å². The normalized spacial score (nSPS) is 27.4. The van der Waals surface area contributed by atoms with Gasteiger partial charge in [-0.15, -0.1) is 0 Å². The van der Waals surface area contributed by atoms with Crippen LogP contribution in [0.5, 0.6) is 0 Å². The van der Waals surface area contributed by atoms with Gasteiger partial charge in [0.05, 0.1) is 0 Å². The van der Waals surface area contributed by atoms with E-state index in [0.717, 1.165) is 0 Å². The number of fused-ring (bicyclic) bond motifs is 1. The Balaban J connectivity index is 1.90. The Morgan fingerprint density at radius 1 is 1.06 bits per heavy atom. The Bertz CT molecular complexity index is 906. The molecule has 0 spiro atoms. The predicted octanol–water partition coefficient (Wildman–Crippen LogP) is 1.31. The monoisotopic (exact) mass is 544 g/mol. The van der Waals surface area contributed by atoms with E-state index in [1.54, 1.807) is 0 Å². The number of carbonyl (C=O) groups is 4. The topological polar surface area (TPSA) is 124 Å². The fourth-order valence-electron chi connectivity index (χ4n) is 3.97. The van der Waals surface area contributed by atoms with Gasteiger partial charge in [0.15, 0.2) is 0 Å². The van der Waals surface area contributed by atoms with E-state index in [0.29, 0.717) is 11.7 Å². The van der Waals surface area contributed by atoms with Crippen LogP contribution in [0.15, 0.2) is 30.3 Å². The SMILES string of the molecule is CC(=O)OC[C@@H](OC(C)=O)[C@@H](OC(C)=O)[C@@H]1O[C@](C)(C[Se]c2ccccc2)C[C@@H]2OC(=O)O[C@H]12. The third-order valence-electron chi connectivity index (χ3n) is 5.27. The molecule has 2 aliphatic heterocycles. The first-order chi connectivity index (χ1) is 16.1. The molecule has 1 aromatic rings. The van der Waals surface area contributed by atoms with E-state index in [-0.39, 0.29) is 21.6 Å². The molecule has 1 aromatic carbocycles. The van der Waals surface area contributed by atoms with Crippen LogP contribution in [-0.4, -0.2) is 81.7 Å². The van der Waals surface area contributed by atoms with Crippen molar-refractivity contribution in [1.82, 2.24) is 0 Å². The molecule has 2 saturated heterocycles. The minimum absolute atomic E-state index is 0.0425. The Kier molecular flexibility index (Phi) is 8.56. The zero-order valence-corrected chi connectivity index (χ0v) is 21.1. The second-order valence-electron chi connectivity index (χ2n) is 8.35. The average molecular weight is 543 g/mol. The molecular formula is C23H28O10Se. The third kappa shape index (κ3) is 6.94. The molecule has 34 heavy (non-hydrogen) atoms. The van der Waals surface area contributed by atoms with Crippen molar-refractivity contribution in [3.05, 3.63) is 30.3 Å². The Hall–Kier alpha value is -2.62. The molecule has 0 amide bonds. The standard InChI is InChI=1S/C23H28O10Se/c1-13(24)28-11-18(29-14(2)25)20(30-15(3)26)21-19-17(31-22(27)32-19)10-23(4,33-21)12-34-16-8-6-5-7-9-16/h5-9,17-21H,10-12H2,1-4H3/t17-,18+,19-,20+,21+,23-/m0/s1. The van der Waals surface area contributed by atoms with Crippen molar-refractivity contribution in [2.75, 3.05) is 6.61 Å². The van der Waals surface area contributed by atoms with Gasteiger partial charge in [-0.1, -0.05) is 0 Å². The molecule has 0 saturated carbocycles. The van der Waals surface area contributed by atoms with Crippen LogP contribution in [0.4, 0.5) is 4.79 Å². The molecule has 0 bridgehead atoms. The number of rotatable bonds is 9. The molecule has 2 fully saturated rings. The Labute approximate surface area is 203 Å². The fourth-order valence-corrected chi connectivity index (χ4v) is 6.08. The van der Waals surface area contributed by atoms with Gasteiger partial charge in [-0.2, -0.15) is 0 Å². The van der Waals surface area contributed by atoms with Gasteiger partial charge >= 0.3 is 204 Å². The number of hydrogen-bond donors (Lipinski definition) is 0. The van der Waals surface area contributed by atoms with Gasteiger partial charge in [-0.25, -0.2) is 0 Å². The van der Waals surface area contributed by atoms with E-state index in [1.165, 1.54) is 25.2 Å². The third-order valence-corrected chi connectivity index (χ3v) is 8.13. The second kappa shape index (κ2) is 11.2. The van der Waals surface area contributed by atoms with Crippen molar-refractivity contribution < 1.29 is 47.6 Å².